The van der Waals surface area contributed by atoms with E-state index in [1.165, 1.54) is 6.07 Å². The van der Waals surface area contributed by atoms with Crippen LogP contribution in [-0.2, 0) is 6.54 Å². The van der Waals surface area contributed by atoms with Gasteiger partial charge in [-0.2, -0.15) is 0 Å². The minimum Gasteiger partial charge on any atom is -0.380 e. The Morgan fingerprint density at radius 3 is 2.36 bits per heavy atom. The minimum absolute atomic E-state index is 0.263. The summed E-state index contributed by atoms with van der Waals surface area (Å²) >= 11 is 0. The molecule has 0 aliphatic heterocycles. The molecule has 0 aliphatic carbocycles. The van der Waals surface area contributed by atoms with Crippen molar-refractivity contribution >= 4 is 11.0 Å². The standard InChI is InChI=1S/C21H17FN2O/c22-17-11-5-4-10-16(17)14-24-19-13-7-6-12-18(19)23-21(24)20(25)15-8-2-1-3-9-15/h1-13,20,25H,14H2/t20-/m1/s1. The Balaban J connectivity index is 1.85. The van der Waals surface area contributed by atoms with E-state index in [-0.39, 0.29) is 5.82 Å². The zero-order valence-electron chi connectivity index (χ0n) is 13.5. The second-order valence-corrected chi connectivity index (χ2v) is 5.95. The van der Waals surface area contributed by atoms with Crippen LogP contribution in [0.3, 0.4) is 0 Å². The fourth-order valence-electron chi connectivity index (χ4n) is 3.05. The number of hydrogen-bond donors (Lipinski definition) is 1. The molecular weight excluding hydrogens is 315 g/mol. The predicted molar refractivity (Wildman–Crippen MR) is 95.7 cm³/mol. The molecule has 0 aliphatic rings. The first-order valence-electron chi connectivity index (χ1n) is 8.15. The van der Waals surface area contributed by atoms with Crippen LogP contribution in [0.1, 0.15) is 23.1 Å². The third-order valence-corrected chi connectivity index (χ3v) is 4.33. The van der Waals surface area contributed by atoms with Crippen molar-refractivity contribution in [3.63, 3.8) is 0 Å². The molecule has 3 aromatic carbocycles. The molecule has 0 fully saturated rings. The summed E-state index contributed by atoms with van der Waals surface area (Å²) in [7, 11) is 0. The average Bonchev–Trinajstić information content (AvgIpc) is 3.02. The molecule has 0 radical (unpaired) electrons. The Morgan fingerprint density at radius 1 is 0.880 bits per heavy atom. The van der Waals surface area contributed by atoms with Crippen molar-refractivity contribution < 1.29 is 9.50 Å². The highest BCUT2D eigenvalue weighted by atomic mass is 19.1. The van der Waals surface area contributed by atoms with Crippen LogP contribution in [0.2, 0.25) is 0 Å². The van der Waals surface area contributed by atoms with Gasteiger partial charge in [0.2, 0.25) is 0 Å². The topological polar surface area (TPSA) is 38.1 Å². The van der Waals surface area contributed by atoms with E-state index in [2.05, 4.69) is 4.98 Å². The molecule has 1 heterocycles. The zero-order chi connectivity index (χ0) is 17.2. The maximum absolute atomic E-state index is 14.1. The van der Waals surface area contributed by atoms with Crippen LogP contribution >= 0.6 is 0 Å². The van der Waals surface area contributed by atoms with Gasteiger partial charge in [0.05, 0.1) is 17.6 Å². The van der Waals surface area contributed by atoms with Gasteiger partial charge in [0, 0.05) is 5.56 Å². The molecule has 1 atom stereocenters. The quantitative estimate of drug-likeness (QED) is 0.605. The monoisotopic (exact) mass is 332 g/mol. The minimum atomic E-state index is -0.875. The third kappa shape index (κ3) is 2.92. The van der Waals surface area contributed by atoms with E-state index in [0.29, 0.717) is 17.9 Å². The van der Waals surface area contributed by atoms with E-state index in [4.69, 9.17) is 0 Å². The van der Waals surface area contributed by atoms with Gasteiger partial charge in [-0.3, -0.25) is 0 Å². The molecule has 0 saturated carbocycles. The SMILES string of the molecule is O[C@H](c1ccccc1)c1nc2ccccc2n1Cc1ccccc1F. The molecule has 124 valence electrons. The van der Waals surface area contributed by atoms with E-state index in [0.717, 1.165) is 16.6 Å². The number of halogens is 1. The summed E-state index contributed by atoms with van der Waals surface area (Å²) in [4.78, 5) is 4.61. The lowest BCUT2D eigenvalue weighted by Gasteiger charge is -2.15. The summed E-state index contributed by atoms with van der Waals surface area (Å²) in [6.45, 7) is 0.312. The number of nitrogens with zero attached hydrogens (tertiary/aromatic N) is 2. The van der Waals surface area contributed by atoms with Crippen molar-refractivity contribution in [3.8, 4) is 0 Å². The first-order valence-corrected chi connectivity index (χ1v) is 8.15. The summed E-state index contributed by atoms with van der Waals surface area (Å²) in [5.41, 5.74) is 2.97. The van der Waals surface area contributed by atoms with Crippen molar-refractivity contribution in [1.29, 1.82) is 0 Å². The lowest BCUT2D eigenvalue weighted by Crippen LogP contribution is -2.11. The van der Waals surface area contributed by atoms with E-state index in [1.54, 1.807) is 12.1 Å². The van der Waals surface area contributed by atoms with E-state index in [9.17, 15) is 9.50 Å². The Kier molecular flexibility index (Phi) is 4.04. The summed E-state index contributed by atoms with van der Waals surface area (Å²) in [5, 5.41) is 10.8. The maximum Gasteiger partial charge on any atom is 0.143 e. The molecule has 1 aromatic heterocycles. The first kappa shape index (κ1) is 15.5. The summed E-state index contributed by atoms with van der Waals surface area (Å²) in [5.74, 6) is 0.246. The summed E-state index contributed by atoms with van der Waals surface area (Å²) < 4.78 is 16.0. The Labute approximate surface area is 145 Å². The lowest BCUT2D eigenvalue weighted by atomic mass is 10.1. The van der Waals surface area contributed by atoms with Crippen molar-refractivity contribution in [2.45, 2.75) is 12.6 Å². The van der Waals surface area contributed by atoms with Gasteiger partial charge in [0.25, 0.3) is 0 Å². The van der Waals surface area contributed by atoms with Crippen LogP contribution in [0.5, 0.6) is 0 Å². The van der Waals surface area contributed by atoms with Gasteiger partial charge in [0.1, 0.15) is 17.7 Å². The molecule has 4 aromatic rings. The number of rotatable bonds is 4. The van der Waals surface area contributed by atoms with Crippen molar-refractivity contribution in [2.75, 3.05) is 0 Å². The normalized spacial score (nSPS) is 12.4. The molecule has 0 spiro atoms. The second-order valence-electron chi connectivity index (χ2n) is 5.95. The van der Waals surface area contributed by atoms with Crippen LogP contribution in [-0.4, -0.2) is 14.7 Å². The van der Waals surface area contributed by atoms with Gasteiger partial charge >= 0.3 is 0 Å². The van der Waals surface area contributed by atoms with Crippen molar-refractivity contribution in [2.24, 2.45) is 0 Å². The number of hydrogen-bond acceptors (Lipinski definition) is 2. The van der Waals surface area contributed by atoms with E-state index < -0.39 is 6.10 Å². The lowest BCUT2D eigenvalue weighted by molar-refractivity contribution is 0.206. The zero-order valence-corrected chi connectivity index (χ0v) is 13.5. The van der Waals surface area contributed by atoms with Gasteiger partial charge in [-0.05, 0) is 23.8 Å². The molecule has 4 heteroatoms. The van der Waals surface area contributed by atoms with Crippen LogP contribution < -0.4 is 0 Å². The largest absolute Gasteiger partial charge is 0.380 e. The van der Waals surface area contributed by atoms with Gasteiger partial charge in [-0.25, -0.2) is 9.37 Å². The van der Waals surface area contributed by atoms with Crippen LogP contribution in [0.15, 0.2) is 78.9 Å². The Bertz CT molecular complexity index is 1010. The van der Waals surface area contributed by atoms with Gasteiger partial charge in [0.15, 0.2) is 0 Å². The van der Waals surface area contributed by atoms with E-state index in [1.807, 2.05) is 65.2 Å². The van der Waals surface area contributed by atoms with Crippen LogP contribution in [0, 0.1) is 5.82 Å². The summed E-state index contributed by atoms with van der Waals surface area (Å²) in [6.07, 6.45) is -0.875. The van der Waals surface area contributed by atoms with Gasteiger partial charge in [-0.1, -0.05) is 60.7 Å². The van der Waals surface area contributed by atoms with Crippen molar-refractivity contribution in [3.05, 3.63) is 102 Å². The summed E-state index contributed by atoms with van der Waals surface area (Å²) in [6, 6.07) is 23.7. The average molecular weight is 332 g/mol. The van der Waals surface area contributed by atoms with Gasteiger partial charge in [-0.15, -0.1) is 0 Å². The van der Waals surface area contributed by atoms with E-state index >= 15 is 0 Å². The molecule has 25 heavy (non-hydrogen) atoms. The number of aliphatic hydroxyl groups excluding tert-OH is 1. The highest BCUT2D eigenvalue weighted by Crippen LogP contribution is 2.27. The highest BCUT2D eigenvalue weighted by molar-refractivity contribution is 5.76. The van der Waals surface area contributed by atoms with Crippen LogP contribution in [0.4, 0.5) is 4.39 Å². The number of benzene rings is 3. The molecule has 4 rings (SSSR count). The molecule has 0 bridgehead atoms. The van der Waals surface area contributed by atoms with Crippen molar-refractivity contribution in [1.82, 2.24) is 9.55 Å². The third-order valence-electron chi connectivity index (χ3n) is 4.33. The number of para-hydroxylation sites is 2. The fourth-order valence-corrected chi connectivity index (χ4v) is 3.05. The molecular formula is C21H17FN2O. The maximum atomic E-state index is 14.1. The fraction of sp³-hybridized carbons (Fsp3) is 0.0952. The smallest absolute Gasteiger partial charge is 0.143 e. The number of aromatic nitrogens is 2. The molecule has 1 N–H and O–H groups in total. The van der Waals surface area contributed by atoms with Gasteiger partial charge < -0.3 is 9.67 Å². The number of fused-ring (bicyclic) bond motifs is 1. The second kappa shape index (κ2) is 6.49. The Hall–Kier alpha value is -2.98. The highest BCUT2D eigenvalue weighted by Gasteiger charge is 2.20. The number of imidazole rings is 1. The number of aliphatic hydroxyl groups is 1. The Morgan fingerprint density at radius 2 is 1.56 bits per heavy atom. The molecule has 0 amide bonds. The molecule has 3 nitrogen and oxygen atoms in total. The first-order chi connectivity index (χ1) is 12.2. The molecule has 0 saturated heterocycles. The van der Waals surface area contributed by atoms with Crippen LogP contribution in [0.25, 0.3) is 11.0 Å². The molecule has 0 unspecified atom stereocenters. The predicted octanol–water partition coefficient (Wildman–Crippen LogP) is 4.31.